The highest BCUT2D eigenvalue weighted by Crippen LogP contribution is 2.32. The number of H-pyrrole nitrogens is 1. The largest absolute Gasteiger partial charge is 0.330 e. The molecule has 3 aromatic heterocycles. The molecular weight excluding hydrogens is 282 g/mol. The Balaban J connectivity index is 2.41. The molecule has 0 atom stereocenters. The Hall–Kier alpha value is -2.17. The summed E-state index contributed by atoms with van der Waals surface area (Å²) in [5, 5.41) is 12.9. The zero-order valence-corrected chi connectivity index (χ0v) is 11.2. The van der Waals surface area contributed by atoms with Crippen molar-refractivity contribution in [2.24, 2.45) is 0 Å². The lowest BCUT2D eigenvalue weighted by Crippen LogP contribution is -2.34. The van der Waals surface area contributed by atoms with Gasteiger partial charge in [-0.3, -0.25) is 9.78 Å². The van der Waals surface area contributed by atoms with Crippen LogP contribution < -0.4 is 11.2 Å². The molecule has 0 aliphatic heterocycles. The zero-order chi connectivity index (χ0) is 13.4. The predicted octanol–water partition coefficient (Wildman–Crippen LogP) is 2.00. The van der Waals surface area contributed by atoms with Crippen LogP contribution in [-0.4, -0.2) is 9.55 Å². The van der Waals surface area contributed by atoms with E-state index >= 15 is 0 Å². The molecule has 0 radical (unpaired) electrons. The van der Waals surface area contributed by atoms with Crippen LogP contribution in [0.3, 0.4) is 0 Å². The molecule has 0 fully saturated rings. The highest BCUT2D eigenvalue weighted by molar-refractivity contribution is 7.18. The molecule has 5 nitrogen and oxygen atoms in total. The standard InChI is InChI=1S/C12H7N3O2S2/c13-3-4-15-11(16)9-7(8-2-1-5-18-8)6-19-10(9)14-12(15)17/h1-2,5-6H,4H2,(H,14,17). The Morgan fingerprint density at radius 3 is 2.89 bits per heavy atom. The van der Waals surface area contributed by atoms with Crippen molar-refractivity contribution in [1.82, 2.24) is 9.55 Å². The summed E-state index contributed by atoms with van der Waals surface area (Å²) in [7, 11) is 0. The lowest BCUT2D eigenvalue weighted by Gasteiger charge is -2.00. The third kappa shape index (κ3) is 1.82. The fraction of sp³-hybridized carbons (Fsp3) is 0.0833. The van der Waals surface area contributed by atoms with Gasteiger partial charge in [-0.15, -0.1) is 22.7 Å². The van der Waals surface area contributed by atoms with Crippen molar-refractivity contribution in [2.75, 3.05) is 0 Å². The van der Waals surface area contributed by atoms with Crippen LogP contribution in [0.25, 0.3) is 20.7 Å². The summed E-state index contributed by atoms with van der Waals surface area (Å²) in [6.07, 6.45) is 0. The Labute approximate surface area is 115 Å². The van der Waals surface area contributed by atoms with Gasteiger partial charge in [0.25, 0.3) is 5.56 Å². The third-order valence-corrected chi connectivity index (χ3v) is 4.53. The number of hydrogen-bond donors (Lipinski definition) is 1. The van der Waals surface area contributed by atoms with Gasteiger partial charge in [-0.05, 0) is 11.4 Å². The minimum atomic E-state index is -0.543. The summed E-state index contributed by atoms with van der Waals surface area (Å²) in [5.74, 6) is 0. The van der Waals surface area contributed by atoms with Gasteiger partial charge in [-0.1, -0.05) is 6.07 Å². The summed E-state index contributed by atoms with van der Waals surface area (Å²) >= 11 is 2.85. The van der Waals surface area contributed by atoms with E-state index in [0.29, 0.717) is 10.2 Å². The van der Waals surface area contributed by atoms with Crippen LogP contribution >= 0.6 is 22.7 Å². The van der Waals surface area contributed by atoms with Crippen molar-refractivity contribution in [3.05, 3.63) is 43.7 Å². The molecule has 0 unspecified atom stereocenters. The first kappa shape index (κ1) is 11.9. The molecule has 0 spiro atoms. The molecule has 0 aliphatic carbocycles. The van der Waals surface area contributed by atoms with Gasteiger partial charge in [-0.2, -0.15) is 5.26 Å². The number of hydrogen-bond acceptors (Lipinski definition) is 5. The van der Waals surface area contributed by atoms with Gasteiger partial charge in [0.05, 0.1) is 11.5 Å². The van der Waals surface area contributed by atoms with E-state index in [0.717, 1.165) is 15.0 Å². The maximum absolute atomic E-state index is 12.3. The summed E-state index contributed by atoms with van der Waals surface area (Å²) in [5.41, 5.74) is -0.147. The van der Waals surface area contributed by atoms with Crippen molar-refractivity contribution < 1.29 is 0 Å². The van der Waals surface area contributed by atoms with Crippen LogP contribution in [0.15, 0.2) is 32.5 Å². The van der Waals surface area contributed by atoms with Crippen LogP contribution in [0.1, 0.15) is 0 Å². The molecule has 94 valence electrons. The van der Waals surface area contributed by atoms with E-state index in [-0.39, 0.29) is 6.54 Å². The second kappa shape index (κ2) is 4.50. The first-order valence-corrected chi connectivity index (χ1v) is 7.13. The van der Waals surface area contributed by atoms with Crippen LogP contribution in [0, 0.1) is 11.3 Å². The minimum Gasteiger partial charge on any atom is -0.298 e. The Bertz CT molecular complexity index is 894. The molecule has 1 N–H and O–H groups in total. The Morgan fingerprint density at radius 1 is 1.37 bits per heavy atom. The second-order valence-corrected chi connectivity index (χ2v) is 5.64. The van der Waals surface area contributed by atoms with Crippen molar-refractivity contribution in [2.45, 2.75) is 6.54 Å². The van der Waals surface area contributed by atoms with Gasteiger partial charge < -0.3 is 0 Å². The second-order valence-electron chi connectivity index (χ2n) is 3.81. The summed E-state index contributed by atoms with van der Waals surface area (Å²) in [6, 6.07) is 5.65. The molecule has 0 bridgehead atoms. The first-order chi connectivity index (χ1) is 9.22. The maximum Gasteiger partial charge on any atom is 0.330 e. The number of nitrogens with zero attached hydrogens (tertiary/aromatic N) is 2. The number of thiophene rings is 2. The molecule has 0 saturated heterocycles. The highest BCUT2D eigenvalue weighted by Gasteiger charge is 2.15. The van der Waals surface area contributed by atoms with Crippen molar-refractivity contribution in [3.63, 3.8) is 0 Å². The van der Waals surface area contributed by atoms with Crippen molar-refractivity contribution >= 4 is 32.9 Å². The number of rotatable bonds is 2. The minimum absolute atomic E-state index is 0.246. The average molecular weight is 289 g/mol. The van der Waals surface area contributed by atoms with Crippen LogP contribution in [0.5, 0.6) is 0 Å². The Morgan fingerprint density at radius 2 is 2.21 bits per heavy atom. The number of nitriles is 1. The highest BCUT2D eigenvalue weighted by atomic mass is 32.1. The van der Waals surface area contributed by atoms with Gasteiger partial charge in [0.1, 0.15) is 11.4 Å². The molecule has 0 saturated carbocycles. The summed E-state index contributed by atoms with van der Waals surface area (Å²) in [4.78, 5) is 28.2. The van der Waals surface area contributed by atoms with E-state index in [1.165, 1.54) is 22.7 Å². The van der Waals surface area contributed by atoms with E-state index in [2.05, 4.69) is 4.98 Å². The zero-order valence-electron chi connectivity index (χ0n) is 9.54. The summed E-state index contributed by atoms with van der Waals surface area (Å²) < 4.78 is 0.923. The van der Waals surface area contributed by atoms with E-state index in [4.69, 9.17) is 5.26 Å². The van der Waals surface area contributed by atoms with Gasteiger partial charge in [0.15, 0.2) is 0 Å². The van der Waals surface area contributed by atoms with Gasteiger partial charge in [0, 0.05) is 15.8 Å². The van der Waals surface area contributed by atoms with Crippen LogP contribution in [0.2, 0.25) is 0 Å². The number of fused-ring (bicyclic) bond motifs is 1. The van der Waals surface area contributed by atoms with E-state index in [9.17, 15) is 9.59 Å². The lowest BCUT2D eigenvalue weighted by atomic mass is 10.2. The molecule has 19 heavy (non-hydrogen) atoms. The fourth-order valence-corrected chi connectivity index (χ4v) is 3.65. The number of nitrogens with one attached hydrogen (secondary N) is 1. The van der Waals surface area contributed by atoms with E-state index in [1.807, 2.05) is 29.0 Å². The SMILES string of the molecule is N#CCn1c(=O)[nH]c2scc(-c3cccs3)c2c1=O. The lowest BCUT2D eigenvalue weighted by molar-refractivity contribution is 0.737. The van der Waals surface area contributed by atoms with Crippen molar-refractivity contribution in [3.8, 4) is 16.5 Å². The monoisotopic (exact) mass is 289 g/mol. The molecule has 7 heteroatoms. The smallest absolute Gasteiger partial charge is 0.298 e. The normalized spacial score (nSPS) is 10.7. The fourth-order valence-electron chi connectivity index (χ4n) is 1.88. The first-order valence-electron chi connectivity index (χ1n) is 5.37. The Kier molecular flexibility index (Phi) is 2.81. The predicted molar refractivity (Wildman–Crippen MR) is 75.6 cm³/mol. The summed E-state index contributed by atoms with van der Waals surface area (Å²) in [6.45, 7) is -0.246. The van der Waals surface area contributed by atoms with Gasteiger partial charge in [-0.25, -0.2) is 9.36 Å². The van der Waals surface area contributed by atoms with Crippen molar-refractivity contribution in [1.29, 1.82) is 5.26 Å². The van der Waals surface area contributed by atoms with Gasteiger partial charge in [0.2, 0.25) is 0 Å². The van der Waals surface area contributed by atoms with E-state index < -0.39 is 11.2 Å². The van der Waals surface area contributed by atoms with Crippen LogP contribution in [-0.2, 0) is 6.54 Å². The molecule has 3 heterocycles. The quantitative estimate of drug-likeness (QED) is 0.783. The molecule has 3 rings (SSSR count). The molecule has 0 aliphatic rings. The number of aromatic amines is 1. The molecule has 0 aromatic carbocycles. The molecule has 3 aromatic rings. The number of aromatic nitrogens is 2. The van der Waals surface area contributed by atoms with E-state index in [1.54, 1.807) is 0 Å². The van der Waals surface area contributed by atoms with Gasteiger partial charge >= 0.3 is 5.69 Å². The average Bonchev–Trinajstić information content (AvgIpc) is 3.02. The van der Waals surface area contributed by atoms with Crippen LogP contribution in [0.4, 0.5) is 0 Å². The topological polar surface area (TPSA) is 78.7 Å². The maximum atomic E-state index is 12.3. The molecule has 0 amide bonds. The third-order valence-electron chi connectivity index (χ3n) is 2.73. The molecular formula is C12H7N3O2S2.